The first-order chi connectivity index (χ1) is 10.8. The molecule has 0 bridgehead atoms. The molecule has 110 valence electrons. The molecule has 1 aromatic heterocycles. The Balaban J connectivity index is 1.71. The van der Waals surface area contributed by atoms with Crippen molar-refractivity contribution in [3.8, 4) is 6.07 Å². The molecule has 2 aromatic rings. The summed E-state index contributed by atoms with van der Waals surface area (Å²) in [4.78, 5) is 19.7. The Morgan fingerprint density at radius 1 is 1.18 bits per heavy atom. The van der Waals surface area contributed by atoms with Crippen LogP contribution in [-0.4, -0.2) is 29.0 Å². The van der Waals surface area contributed by atoms with Crippen LogP contribution in [0.25, 0.3) is 6.08 Å². The largest absolute Gasteiger partial charge is 0.352 e. The maximum atomic E-state index is 11.6. The highest BCUT2D eigenvalue weighted by Gasteiger charge is 1.96. The highest BCUT2D eigenvalue weighted by atomic mass is 16.1. The maximum Gasteiger partial charge on any atom is 0.244 e. The Morgan fingerprint density at radius 2 is 1.91 bits per heavy atom. The first kappa shape index (κ1) is 15.2. The lowest BCUT2D eigenvalue weighted by Crippen LogP contribution is -2.27. The van der Waals surface area contributed by atoms with Crippen molar-refractivity contribution in [3.05, 3.63) is 59.9 Å². The molecule has 0 radical (unpaired) electrons. The number of anilines is 1. The molecule has 0 fully saturated rings. The minimum absolute atomic E-state index is 0.180. The molecule has 2 rings (SSSR count). The third-order valence-electron chi connectivity index (χ3n) is 2.74. The van der Waals surface area contributed by atoms with Gasteiger partial charge < -0.3 is 10.6 Å². The number of carbonyl (C=O) groups excluding carboxylic acids is 1. The molecule has 0 aliphatic carbocycles. The summed E-state index contributed by atoms with van der Waals surface area (Å²) < 4.78 is 0. The predicted octanol–water partition coefficient (Wildman–Crippen LogP) is 1.59. The molecule has 6 nitrogen and oxygen atoms in total. The van der Waals surface area contributed by atoms with Crippen molar-refractivity contribution < 1.29 is 4.79 Å². The molecule has 0 aliphatic rings. The van der Waals surface area contributed by atoms with E-state index in [-0.39, 0.29) is 5.91 Å². The van der Waals surface area contributed by atoms with E-state index < -0.39 is 0 Å². The summed E-state index contributed by atoms with van der Waals surface area (Å²) in [6.45, 7) is 1.01. The fourth-order valence-electron chi connectivity index (χ4n) is 1.65. The van der Waals surface area contributed by atoms with E-state index in [2.05, 4.69) is 20.6 Å². The lowest BCUT2D eigenvalue weighted by atomic mass is 10.1. The number of carbonyl (C=O) groups is 1. The Hall–Kier alpha value is -3.20. The first-order valence-electron chi connectivity index (χ1n) is 6.75. The summed E-state index contributed by atoms with van der Waals surface area (Å²) in [5.41, 5.74) is 1.46. The summed E-state index contributed by atoms with van der Waals surface area (Å²) in [5.74, 6) is 0.352. The van der Waals surface area contributed by atoms with Gasteiger partial charge in [0, 0.05) is 31.6 Å². The molecule has 0 aliphatic heterocycles. The van der Waals surface area contributed by atoms with Crippen LogP contribution in [0.15, 0.2) is 48.8 Å². The predicted molar refractivity (Wildman–Crippen MR) is 83.7 cm³/mol. The summed E-state index contributed by atoms with van der Waals surface area (Å²) in [7, 11) is 0. The second-order valence-corrected chi connectivity index (χ2v) is 4.36. The van der Waals surface area contributed by atoms with Gasteiger partial charge in [-0.1, -0.05) is 12.1 Å². The molecule has 1 amide bonds. The van der Waals surface area contributed by atoms with Crippen LogP contribution in [0.1, 0.15) is 11.1 Å². The Kier molecular flexibility index (Phi) is 5.64. The third kappa shape index (κ3) is 5.06. The van der Waals surface area contributed by atoms with E-state index in [1.165, 1.54) is 6.08 Å². The highest BCUT2D eigenvalue weighted by molar-refractivity contribution is 5.91. The monoisotopic (exact) mass is 293 g/mol. The minimum atomic E-state index is -0.180. The zero-order valence-corrected chi connectivity index (χ0v) is 11.9. The molecular formula is C16H15N5O. The fraction of sp³-hybridized carbons (Fsp3) is 0.125. The van der Waals surface area contributed by atoms with E-state index in [0.717, 1.165) is 5.56 Å². The van der Waals surface area contributed by atoms with Crippen LogP contribution in [-0.2, 0) is 4.79 Å². The maximum absolute atomic E-state index is 11.6. The molecule has 6 heteroatoms. The van der Waals surface area contributed by atoms with Crippen molar-refractivity contribution >= 4 is 17.9 Å². The third-order valence-corrected chi connectivity index (χ3v) is 2.74. The molecular weight excluding hydrogens is 278 g/mol. The quantitative estimate of drug-likeness (QED) is 0.623. The smallest absolute Gasteiger partial charge is 0.244 e. The van der Waals surface area contributed by atoms with Gasteiger partial charge in [0.05, 0.1) is 11.6 Å². The Morgan fingerprint density at radius 3 is 2.59 bits per heavy atom. The second-order valence-electron chi connectivity index (χ2n) is 4.36. The highest BCUT2D eigenvalue weighted by Crippen LogP contribution is 2.04. The van der Waals surface area contributed by atoms with Crippen LogP contribution in [0.4, 0.5) is 5.95 Å². The number of benzene rings is 1. The van der Waals surface area contributed by atoms with Gasteiger partial charge >= 0.3 is 0 Å². The molecule has 0 saturated heterocycles. The molecule has 1 heterocycles. The topological polar surface area (TPSA) is 90.7 Å². The number of nitrogens with zero attached hydrogens (tertiary/aromatic N) is 3. The number of rotatable bonds is 6. The van der Waals surface area contributed by atoms with Gasteiger partial charge in [-0.2, -0.15) is 5.26 Å². The van der Waals surface area contributed by atoms with E-state index in [1.54, 1.807) is 48.8 Å². The number of nitriles is 1. The number of hydrogen-bond donors (Lipinski definition) is 2. The summed E-state index contributed by atoms with van der Waals surface area (Å²) in [6, 6.07) is 10.8. The summed E-state index contributed by atoms with van der Waals surface area (Å²) >= 11 is 0. The van der Waals surface area contributed by atoms with Crippen molar-refractivity contribution in [3.63, 3.8) is 0 Å². The van der Waals surface area contributed by atoms with E-state index in [1.807, 2.05) is 6.07 Å². The van der Waals surface area contributed by atoms with Gasteiger partial charge in [0.15, 0.2) is 0 Å². The van der Waals surface area contributed by atoms with Gasteiger partial charge in [-0.05, 0) is 29.8 Å². The lowest BCUT2D eigenvalue weighted by Gasteiger charge is -2.04. The van der Waals surface area contributed by atoms with E-state index >= 15 is 0 Å². The number of amides is 1. The zero-order valence-electron chi connectivity index (χ0n) is 11.9. The van der Waals surface area contributed by atoms with Gasteiger partial charge in [-0.15, -0.1) is 0 Å². The average molecular weight is 293 g/mol. The fourth-order valence-corrected chi connectivity index (χ4v) is 1.65. The van der Waals surface area contributed by atoms with E-state index in [4.69, 9.17) is 5.26 Å². The molecule has 0 spiro atoms. The normalized spacial score (nSPS) is 10.1. The molecule has 22 heavy (non-hydrogen) atoms. The average Bonchev–Trinajstić information content (AvgIpc) is 2.58. The van der Waals surface area contributed by atoms with Gasteiger partial charge in [0.25, 0.3) is 0 Å². The SMILES string of the molecule is N#Cc1ccc(/C=C/C(=O)NCCNc2ncccn2)cc1. The number of hydrogen-bond acceptors (Lipinski definition) is 5. The van der Waals surface area contributed by atoms with Crippen LogP contribution >= 0.6 is 0 Å². The first-order valence-corrected chi connectivity index (χ1v) is 6.75. The van der Waals surface area contributed by atoms with Crippen molar-refractivity contribution in [2.45, 2.75) is 0 Å². The second kappa shape index (κ2) is 8.17. The van der Waals surface area contributed by atoms with Crippen LogP contribution in [0.5, 0.6) is 0 Å². The van der Waals surface area contributed by atoms with Gasteiger partial charge in [0.2, 0.25) is 11.9 Å². The molecule has 0 atom stereocenters. The van der Waals surface area contributed by atoms with Crippen LogP contribution in [0, 0.1) is 11.3 Å². The standard InChI is InChI=1S/C16H15N5O/c17-12-14-4-2-13(3-5-14)6-7-15(22)18-10-11-21-16-19-8-1-9-20-16/h1-9H,10-11H2,(H,18,22)(H,19,20,21)/b7-6+. The molecule has 0 saturated carbocycles. The van der Waals surface area contributed by atoms with Gasteiger partial charge in [-0.25, -0.2) is 9.97 Å². The van der Waals surface area contributed by atoms with E-state index in [0.29, 0.717) is 24.6 Å². The Labute approximate surface area is 128 Å². The minimum Gasteiger partial charge on any atom is -0.352 e. The van der Waals surface area contributed by atoms with Crippen molar-refractivity contribution in [2.75, 3.05) is 18.4 Å². The van der Waals surface area contributed by atoms with Gasteiger partial charge in [-0.3, -0.25) is 4.79 Å². The Bertz CT molecular complexity index is 674. The van der Waals surface area contributed by atoms with Gasteiger partial charge in [0.1, 0.15) is 0 Å². The zero-order chi connectivity index (χ0) is 15.6. The summed E-state index contributed by atoms with van der Waals surface area (Å²) in [6.07, 6.45) is 6.45. The lowest BCUT2D eigenvalue weighted by molar-refractivity contribution is -0.116. The molecule has 0 unspecified atom stereocenters. The van der Waals surface area contributed by atoms with Crippen molar-refractivity contribution in [2.24, 2.45) is 0 Å². The van der Waals surface area contributed by atoms with E-state index in [9.17, 15) is 4.79 Å². The molecule has 2 N–H and O–H groups in total. The van der Waals surface area contributed by atoms with Crippen molar-refractivity contribution in [1.82, 2.24) is 15.3 Å². The van der Waals surface area contributed by atoms with Crippen LogP contribution in [0.3, 0.4) is 0 Å². The number of aromatic nitrogens is 2. The summed E-state index contributed by atoms with van der Waals surface area (Å²) in [5, 5.41) is 14.4. The van der Waals surface area contributed by atoms with Crippen molar-refractivity contribution in [1.29, 1.82) is 5.26 Å². The van der Waals surface area contributed by atoms with Crippen LogP contribution < -0.4 is 10.6 Å². The molecule has 1 aromatic carbocycles. The van der Waals surface area contributed by atoms with Crippen LogP contribution in [0.2, 0.25) is 0 Å². The number of nitrogens with one attached hydrogen (secondary N) is 2.